The maximum atomic E-state index is 12.9. The van der Waals surface area contributed by atoms with Crippen molar-refractivity contribution in [3.05, 3.63) is 60.2 Å². The second-order valence-corrected chi connectivity index (χ2v) is 8.54. The van der Waals surface area contributed by atoms with E-state index < -0.39 is 10.0 Å². The number of aliphatic hydroxyl groups is 1. The summed E-state index contributed by atoms with van der Waals surface area (Å²) in [6.07, 6.45) is 0.465. The summed E-state index contributed by atoms with van der Waals surface area (Å²) in [5.41, 5.74) is 6.91. The van der Waals surface area contributed by atoms with E-state index in [1.54, 1.807) is 36.4 Å². The normalized spacial score (nSPS) is 19.8. The molecule has 0 aliphatic carbocycles. The highest BCUT2D eigenvalue weighted by Crippen LogP contribution is 2.26. The molecule has 3 rings (SSSR count). The van der Waals surface area contributed by atoms with Crippen molar-refractivity contribution in [3.8, 4) is 0 Å². The number of carbonyl (C=O) groups is 1. The number of hydrogen-bond donors (Lipinski definition) is 3. The second kappa shape index (κ2) is 9.49. The topological polar surface area (TPSA) is 113 Å². The lowest BCUT2D eigenvalue weighted by molar-refractivity contribution is 0.102. The van der Waals surface area contributed by atoms with Crippen molar-refractivity contribution in [1.29, 1.82) is 0 Å². The number of sulfonamides is 1. The molecule has 0 unspecified atom stereocenters. The number of nitrogens with two attached hydrogens (primary N) is 1. The van der Waals surface area contributed by atoms with E-state index in [1.807, 2.05) is 6.07 Å². The van der Waals surface area contributed by atoms with Crippen LogP contribution in [-0.4, -0.2) is 49.5 Å². The Morgan fingerprint density at radius 1 is 1.14 bits per heavy atom. The molecule has 0 aromatic heterocycles. The Hall–Kier alpha value is -1.97. The first kappa shape index (κ1) is 22.3. The van der Waals surface area contributed by atoms with Gasteiger partial charge in [-0.2, -0.15) is 4.31 Å². The van der Waals surface area contributed by atoms with Crippen LogP contribution < -0.4 is 11.1 Å². The van der Waals surface area contributed by atoms with Crippen molar-refractivity contribution in [1.82, 2.24) is 4.31 Å². The third kappa shape index (κ3) is 4.89. The second-order valence-electron chi connectivity index (χ2n) is 6.61. The van der Waals surface area contributed by atoms with Crippen molar-refractivity contribution in [2.75, 3.05) is 25.0 Å². The van der Waals surface area contributed by atoms with E-state index in [9.17, 15) is 13.2 Å². The molecule has 1 amide bonds. The molecule has 9 heteroatoms. The lowest BCUT2D eigenvalue weighted by atomic mass is 10.0. The third-order valence-corrected chi connectivity index (χ3v) is 6.55. The lowest BCUT2D eigenvalue weighted by Gasteiger charge is -2.17. The summed E-state index contributed by atoms with van der Waals surface area (Å²) >= 11 is 0. The van der Waals surface area contributed by atoms with E-state index in [0.29, 0.717) is 12.1 Å². The summed E-state index contributed by atoms with van der Waals surface area (Å²) in [4.78, 5) is 12.5. The number of anilines is 1. The number of halogens is 1. The van der Waals surface area contributed by atoms with Gasteiger partial charge in [0.05, 0.1) is 4.90 Å². The molecule has 1 heterocycles. The number of carbonyl (C=O) groups excluding carboxylic acids is 1. The number of benzene rings is 2. The van der Waals surface area contributed by atoms with Gasteiger partial charge in [-0.3, -0.25) is 4.79 Å². The summed E-state index contributed by atoms with van der Waals surface area (Å²) in [7, 11) is -3.76. The lowest BCUT2D eigenvalue weighted by Crippen LogP contribution is -2.32. The van der Waals surface area contributed by atoms with Crippen LogP contribution in [0.25, 0.3) is 0 Å². The van der Waals surface area contributed by atoms with Crippen LogP contribution in [0.5, 0.6) is 0 Å². The minimum absolute atomic E-state index is 0. The summed E-state index contributed by atoms with van der Waals surface area (Å²) in [6.45, 7) is 0.444. The van der Waals surface area contributed by atoms with Crippen LogP contribution in [0.15, 0.2) is 59.5 Å². The zero-order valence-electron chi connectivity index (χ0n) is 15.2. The predicted octanol–water partition coefficient (Wildman–Crippen LogP) is 1.69. The Bertz CT molecular complexity index is 908. The van der Waals surface area contributed by atoms with Gasteiger partial charge in [0.2, 0.25) is 10.0 Å². The zero-order chi connectivity index (χ0) is 19.4. The quantitative estimate of drug-likeness (QED) is 0.651. The van der Waals surface area contributed by atoms with Gasteiger partial charge in [-0.15, -0.1) is 12.4 Å². The van der Waals surface area contributed by atoms with Crippen LogP contribution in [0.3, 0.4) is 0 Å². The Morgan fingerprint density at radius 2 is 1.86 bits per heavy atom. The third-order valence-electron chi connectivity index (χ3n) is 4.72. The van der Waals surface area contributed by atoms with Gasteiger partial charge in [-0.05, 0) is 42.7 Å². The van der Waals surface area contributed by atoms with Crippen LogP contribution in [0.2, 0.25) is 0 Å². The molecule has 0 bridgehead atoms. The van der Waals surface area contributed by atoms with Crippen LogP contribution in [0.1, 0.15) is 16.8 Å². The highest BCUT2D eigenvalue weighted by Gasteiger charge is 2.37. The van der Waals surface area contributed by atoms with Crippen LogP contribution in [0, 0.1) is 5.92 Å². The van der Waals surface area contributed by atoms with E-state index in [-0.39, 0.29) is 60.4 Å². The molecule has 1 aliphatic heterocycles. The molecule has 0 spiro atoms. The molecule has 0 radical (unpaired) electrons. The van der Waals surface area contributed by atoms with Gasteiger partial charge in [0.1, 0.15) is 0 Å². The number of rotatable bonds is 6. The number of para-hydroxylation sites is 1. The largest absolute Gasteiger partial charge is 0.396 e. The first-order valence-corrected chi connectivity index (χ1v) is 10.2. The van der Waals surface area contributed by atoms with Gasteiger partial charge < -0.3 is 16.2 Å². The van der Waals surface area contributed by atoms with Crippen molar-refractivity contribution in [2.24, 2.45) is 11.7 Å². The number of amides is 1. The predicted molar refractivity (Wildman–Crippen MR) is 110 cm³/mol. The molecule has 1 saturated heterocycles. The molecular weight excluding hydrogens is 402 g/mol. The van der Waals surface area contributed by atoms with E-state index in [2.05, 4.69) is 5.32 Å². The summed E-state index contributed by atoms with van der Waals surface area (Å²) in [6, 6.07) is 14.6. The summed E-state index contributed by atoms with van der Waals surface area (Å²) in [5.74, 6) is -0.455. The summed E-state index contributed by atoms with van der Waals surface area (Å²) < 4.78 is 27.2. The highest BCUT2D eigenvalue weighted by atomic mass is 35.5. The van der Waals surface area contributed by atoms with E-state index in [0.717, 1.165) is 0 Å². The molecule has 1 aliphatic rings. The molecule has 28 heavy (non-hydrogen) atoms. The molecule has 2 aromatic carbocycles. The molecule has 2 atom stereocenters. The van der Waals surface area contributed by atoms with Gasteiger partial charge >= 0.3 is 0 Å². The van der Waals surface area contributed by atoms with Gasteiger partial charge in [0.15, 0.2) is 0 Å². The molecule has 1 fully saturated rings. The van der Waals surface area contributed by atoms with Crippen molar-refractivity contribution in [3.63, 3.8) is 0 Å². The van der Waals surface area contributed by atoms with Crippen molar-refractivity contribution in [2.45, 2.75) is 17.4 Å². The molecule has 0 saturated carbocycles. The number of nitrogens with zero attached hydrogens (tertiary/aromatic N) is 1. The maximum Gasteiger partial charge on any atom is 0.255 e. The van der Waals surface area contributed by atoms with Crippen LogP contribution >= 0.6 is 12.4 Å². The Balaban J connectivity index is 0.00000280. The fourth-order valence-corrected chi connectivity index (χ4v) is 4.78. The van der Waals surface area contributed by atoms with Crippen molar-refractivity contribution >= 4 is 34.0 Å². The number of aliphatic hydroxyl groups excluding tert-OH is 1. The Labute approximate surface area is 171 Å². The van der Waals surface area contributed by atoms with Gasteiger partial charge in [0.25, 0.3) is 5.91 Å². The molecule has 4 N–H and O–H groups in total. The van der Waals surface area contributed by atoms with Crippen LogP contribution in [-0.2, 0) is 10.0 Å². The Morgan fingerprint density at radius 3 is 2.54 bits per heavy atom. The summed E-state index contributed by atoms with van der Waals surface area (Å²) in [5, 5.41) is 11.8. The van der Waals surface area contributed by atoms with E-state index in [1.165, 1.54) is 16.4 Å². The standard InChI is InChI=1S/C19H23N3O4S.ClH/c20-18-13-22(12-15(18)9-10-23)27(25,26)17-8-4-5-14(11-17)19(24)21-16-6-2-1-3-7-16;/h1-8,11,15,18,23H,9-10,12-13,20H2,(H,21,24);1H/t15-,18-;/m0./s1. The van der Waals surface area contributed by atoms with Gasteiger partial charge in [-0.1, -0.05) is 24.3 Å². The molecule has 7 nitrogen and oxygen atoms in total. The molecule has 2 aromatic rings. The van der Waals surface area contributed by atoms with E-state index >= 15 is 0 Å². The fourth-order valence-electron chi connectivity index (χ4n) is 3.19. The first-order valence-electron chi connectivity index (χ1n) is 8.75. The maximum absolute atomic E-state index is 12.9. The van der Waals surface area contributed by atoms with Gasteiger partial charge in [0, 0.05) is 37.0 Å². The van der Waals surface area contributed by atoms with Gasteiger partial charge in [-0.25, -0.2) is 8.42 Å². The zero-order valence-corrected chi connectivity index (χ0v) is 16.8. The minimum atomic E-state index is -3.76. The smallest absolute Gasteiger partial charge is 0.255 e. The van der Waals surface area contributed by atoms with Crippen LogP contribution in [0.4, 0.5) is 5.69 Å². The monoisotopic (exact) mass is 425 g/mol. The molecule has 152 valence electrons. The first-order chi connectivity index (χ1) is 12.9. The number of hydrogen-bond acceptors (Lipinski definition) is 5. The average molecular weight is 426 g/mol. The Kier molecular flexibility index (Phi) is 7.56. The average Bonchev–Trinajstić information content (AvgIpc) is 3.04. The van der Waals surface area contributed by atoms with E-state index in [4.69, 9.17) is 10.8 Å². The molecular formula is C19H24ClN3O4S. The highest BCUT2D eigenvalue weighted by molar-refractivity contribution is 7.89. The minimum Gasteiger partial charge on any atom is -0.396 e. The SMILES string of the molecule is Cl.N[C@H]1CN(S(=O)(=O)c2cccc(C(=O)Nc3ccccc3)c2)C[C@@H]1CCO. The van der Waals surface area contributed by atoms with Crippen molar-refractivity contribution < 1.29 is 18.3 Å². The fraction of sp³-hybridized carbons (Fsp3) is 0.316. The number of nitrogens with one attached hydrogen (secondary N) is 1.